The van der Waals surface area contributed by atoms with Gasteiger partial charge in [-0.25, -0.2) is 9.59 Å². The largest absolute Gasteiger partial charge is 0.496 e. The summed E-state index contributed by atoms with van der Waals surface area (Å²) in [7, 11) is 1.38. The van der Waals surface area contributed by atoms with E-state index in [2.05, 4.69) is 10.6 Å². The van der Waals surface area contributed by atoms with Gasteiger partial charge < -0.3 is 25.2 Å². The lowest BCUT2D eigenvalue weighted by molar-refractivity contribution is 0.0693. The SMILES string of the molecule is COc1cc(NC(=O)NC2CCOCC2)ccc1C(=O)O. The second kappa shape index (κ2) is 6.94. The van der Waals surface area contributed by atoms with Crippen molar-refractivity contribution in [3.8, 4) is 5.75 Å². The van der Waals surface area contributed by atoms with E-state index < -0.39 is 5.97 Å². The van der Waals surface area contributed by atoms with E-state index in [1.54, 1.807) is 0 Å². The van der Waals surface area contributed by atoms with E-state index in [1.165, 1.54) is 25.3 Å². The number of nitrogens with one attached hydrogen (secondary N) is 2. The van der Waals surface area contributed by atoms with Gasteiger partial charge in [-0.2, -0.15) is 0 Å². The average molecular weight is 294 g/mol. The van der Waals surface area contributed by atoms with Crippen LogP contribution in [-0.2, 0) is 4.74 Å². The second-order valence-corrected chi connectivity index (χ2v) is 4.71. The third kappa shape index (κ3) is 4.09. The van der Waals surface area contributed by atoms with Gasteiger partial charge in [0.1, 0.15) is 11.3 Å². The van der Waals surface area contributed by atoms with Gasteiger partial charge in [0.25, 0.3) is 0 Å². The maximum Gasteiger partial charge on any atom is 0.339 e. The summed E-state index contributed by atoms with van der Waals surface area (Å²) in [5.74, 6) is -0.878. The summed E-state index contributed by atoms with van der Waals surface area (Å²) in [6, 6.07) is 4.17. The highest BCUT2D eigenvalue weighted by Gasteiger charge is 2.17. The summed E-state index contributed by atoms with van der Waals surface area (Å²) in [6.07, 6.45) is 1.57. The molecule has 1 aliphatic rings. The number of hydrogen-bond donors (Lipinski definition) is 3. The zero-order valence-electron chi connectivity index (χ0n) is 11.7. The molecule has 2 rings (SSSR count). The lowest BCUT2D eigenvalue weighted by Gasteiger charge is -2.23. The third-order valence-corrected chi connectivity index (χ3v) is 3.25. The molecule has 1 aliphatic heterocycles. The Morgan fingerprint density at radius 3 is 2.67 bits per heavy atom. The number of carboxylic acids is 1. The van der Waals surface area contributed by atoms with Gasteiger partial charge in [0.15, 0.2) is 0 Å². The quantitative estimate of drug-likeness (QED) is 0.785. The molecule has 0 radical (unpaired) electrons. The monoisotopic (exact) mass is 294 g/mol. The molecule has 0 bridgehead atoms. The minimum absolute atomic E-state index is 0.0490. The lowest BCUT2D eigenvalue weighted by Crippen LogP contribution is -2.41. The number of carbonyl (C=O) groups excluding carboxylic acids is 1. The Kier molecular flexibility index (Phi) is 4.99. The molecule has 1 aromatic rings. The molecule has 1 heterocycles. The van der Waals surface area contributed by atoms with Gasteiger partial charge in [-0.3, -0.25) is 0 Å². The van der Waals surface area contributed by atoms with E-state index in [0.29, 0.717) is 18.9 Å². The molecule has 114 valence electrons. The number of rotatable bonds is 4. The van der Waals surface area contributed by atoms with Gasteiger partial charge in [0.2, 0.25) is 0 Å². The maximum absolute atomic E-state index is 11.9. The number of urea groups is 1. The first-order valence-corrected chi connectivity index (χ1v) is 6.66. The van der Waals surface area contributed by atoms with Crippen molar-refractivity contribution < 1.29 is 24.2 Å². The Morgan fingerprint density at radius 1 is 1.33 bits per heavy atom. The Hall–Kier alpha value is -2.28. The van der Waals surface area contributed by atoms with Crippen LogP contribution in [0.25, 0.3) is 0 Å². The first-order valence-electron chi connectivity index (χ1n) is 6.66. The molecule has 3 N–H and O–H groups in total. The average Bonchev–Trinajstić information content (AvgIpc) is 2.47. The molecule has 2 amide bonds. The third-order valence-electron chi connectivity index (χ3n) is 3.25. The molecule has 7 nitrogen and oxygen atoms in total. The van der Waals surface area contributed by atoms with Crippen LogP contribution in [0.5, 0.6) is 5.75 Å². The highest BCUT2D eigenvalue weighted by molar-refractivity contribution is 5.94. The van der Waals surface area contributed by atoms with Crippen LogP contribution in [0.1, 0.15) is 23.2 Å². The summed E-state index contributed by atoms with van der Waals surface area (Å²) in [5, 5.41) is 14.5. The van der Waals surface area contributed by atoms with Gasteiger partial charge in [-0.1, -0.05) is 0 Å². The molecule has 0 aromatic heterocycles. The van der Waals surface area contributed by atoms with Crippen LogP contribution in [0.4, 0.5) is 10.5 Å². The zero-order valence-corrected chi connectivity index (χ0v) is 11.7. The normalized spacial score (nSPS) is 15.3. The molecule has 1 saturated heterocycles. The van der Waals surface area contributed by atoms with Gasteiger partial charge in [0, 0.05) is 31.0 Å². The minimum atomic E-state index is -1.08. The molecule has 1 aromatic carbocycles. The number of anilines is 1. The van der Waals surface area contributed by atoms with Crippen LogP contribution in [0.15, 0.2) is 18.2 Å². The summed E-state index contributed by atoms with van der Waals surface area (Å²) in [4.78, 5) is 22.9. The topological polar surface area (TPSA) is 96.9 Å². The van der Waals surface area contributed by atoms with Crippen molar-refractivity contribution in [2.75, 3.05) is 25.6 Å². The minimum Gasteiger partial charge on any atom is -0.496 e. The predicted molar refractivity (Wildman–Crippen MR) is 75.9 cm³/mol. The van der Waals surface area contributed by atoms with E-state index in [4.69, 9.17) is 14.6 Å². The number of ether oxygens (including phenoxy) is 2. The zero-order chi connectivity index (χ0) is 15.2. The van der Waals surface area contributed by atoms with Gasteiger partial charge in [0.05, 0.1) is 7.11 Å². The fourth-order valence-corrected chi connectivity index (χ4v) is 2.14. The molecular formula is C14H18N2O5. The standard InChI is InChI=1S/C14H18N2O5/c1-20-12-8-10(2-3-11(12)13(17)18)16-14(19)15-9-4-6-21-7-5-9/h2-3,8-9H,4-7H2,1H3,(H,17,18)(H2,15,16,19). The van der Waals surface area contributed by atoms with Gasteiger partial charge >= 0.3 is 12.0 Å². The summed E-state index contributed by atoms with van der Waals surface area (Å²) in [5.41, 5.74) is 0.522. The van der Waals surface area contributed by atoms with E-state index >= 15 is 0 Å². The molecule has 7 heteroatoms. The van der Waals surface area contributed by atoms with Crippen LogP contribution in [0.2, 0.25) is 0 Å². The number of aromatic carboxylic acids is 1. The Labute approximate surface area is 122 Å². The molecule has 0 unspecified atom stereocenters. The van der Waals surface area contributed by atoms with Crippen molar-refractivity contribution in [3.63, 3.8) is 0 Å². The number of hydrogen-bond acceptors (Lipinski definition) is 4. The Balaban J connectivity index is 1.98. The van der Waals surface area contributed by atoms with E-state index in [-0.39, 0.29) is 23.4 Å². The van der Waals surface area contributed by atoms with Gasteiger partial charge in [-0.05, 0) is 25.0 Å². The van der Waals surface area contributed by atoms with E-state index in [9.17, 15) is 9.59 Å². The van der Waals surface area contributed by atoms with Crippen LogP contribution in [-0.4, -0.2) is 43.5 Å². The summed E-state index contributed by atoms with van der Waals surface area (Å²) >= 11 is 0. The molecule has 0 aliphatic carbocycles. The van der Waals surface area contributed by atoms with Crippen molar-refractivity contribution in [2.45, 2.75) is 18.9 Å². The number of carbonyl (C=O) groups is 2. The summed E-state index contributed by atoms with van der Waals surface area (Å²) in [6.45, 7) is 1.29. The molecular weight excluding hydrogens is 276 g/mol. The number of methoxy groups -OCH3 is 1. The highest BCUT2D eigenvalue weighted by Crippen LogP contribution is 2.23. The first-order chi connectivity index (χ1) is 10.1. The van der Waals surface area contributed by atoms with E-state index in [1.807, 2.05) is 0 Å². The molecule has 0 spiro atoms. The van der Waals surface area contributed by atoms with Gasteiger partial charge in [-0.15, -0.1) is 0 Å². The van der Waals surface area contributed by atoms with Crippen molar-refractivity contribution in [1.29, 1.82) is 0 Å². The lowest BCUT2D eigenvalue weighted by atomic mass is 10.1. The van der Waals surface area contributed by atoms with Crippen LogP contribution in [0, 0.1) is 0 Å². The fraction of sp³-hybridized carbons (Fsp3) is 0.429. The van der Waals surface area contributed by atoms with E-state index in [0.717, 1.165) is 12.8 Å². The fourth-order valence-electron chi connectivity index (χ4n) is 2.14. The second-order valence-electron chi connectivity index (χ2n) is 4.71. The van der Waals surface area contributed by atoms with Crippen LogP contribution in [0.3, 0.4) is 0 Å². The Bertz CT molecular complexity index is 526. The number of amides is 2. The van der Waals surface area contributed by atoms with Crippen LogP contribution < -0.4 is 15.4 Å². The number of carboxylic acid groups (broad SMARTS) is 1. The highest BCUT2D eigenvalue weighted by atomic mass is 16.5. The summed E-state index contributed by atoms with van der Waals surface area (Å²) < 4.78 is 10.2. The van der Waals surface area contributed by atoms with Crippen molar-refractivity contribution in [3.05, 3.63) is 23.8 Å². The Morgan fingerprint density at radius 2 is 2.05 bits per heavy atom. The first kappa shape index (κ1) is 15.1. The molecule has 1 fully saturated rings. The van der Waals surface area contributed by atoms with Crippen molar-refractivity contribution >= 4 is 17.7 Å². The smallest absolute Gasteiger partial charge is 0.339 e. The van der Waals surface area contributed by atoms with Crippen molar-refractivity contribution in [1.82, 2.24) is 5.32 Å². The molecule has 21 heavy (non-hydrogen) atoms. The van der Waals surface area contributed by atoms with Crippen molar-refractivity contribution in [2.24, 2.45) is 0 Å². The van der Waals surface area contributed by atoms with Crippen LogP contribution >= 0.6 is 0 Å². The number of benzene rings is 1. The maximum atomic E-state index is 11.9. The predicted octanol–water partition coefficient (Wildman–Crippen LogP) is 1.69. The molecule has 0 atom stereocenters. The molecule has 0 saturated carbocycles.